The number of ether oxygens (including phenoxy) is 2. The van der Waals surface area contributed by atoms with E-state index < -0.39 is 0 Å². The predicted molar refractivity (Wildman–Crippen MR) is 76.0 cm³/mol. The third-order valence-corrected chi connectivity index (χ3v) is 2.48. The lowest BCUT2D eigenvalue weighted by molar-refractivity contribution is -0.137. The molecular formula is C14H23BrO2. The summed E-state index contributed by atoms with van der Waals surface area (Å²) in [7, 11) is 0. The van der Waals surface area contributed by atoms with Crippen molar-refractivity contribution in [3.8, 4) is 0 Å². The van der Waals surface area contributed by atoms with Gasteiger partial charge in [0, 0.05) is 11.1 Å². The van der Waals surface area contributed by atoms with Crippen LogP contribution in [0.3, 0.4) is 0 Å². The second-order valence-electron chi connectivity index (χ2n) is 3.38. The fourth-order valence-electron chi connectivity index (χ4n) is 1.13. The minimum absolute atomic E-state index is 0.131. The van der Waals surface area contributed by atoms with E-state index in [1.165, 1.54) is 0 Å². The van der Waals surface area contributed by atoms with Crippen LogP contribution in [-0.4, -0.2) is 12.9 Å². The summed E-state index contributed by atoms with van der Waals surface area (Å²) in [6.07, 6.45) is 0.889. The van der Waals surface area contributed by atoms with Gasteiger partial charge in [0.25, 0.3) is 0 Å². The molecule has 17 heavy (non-hydrogen) atoms. The molecule has 98 valence electrons. The molecule has 0 aliphatic carbocycles. The molecule has 1 aromatic rings. The van der Waals surface area contributed by atoms with E-state index in [-0.39, 0.29) is 6.29 Å². The molecule has 0 aromatic heterocycles. The van der Waals surface area contributed by atoms with Gasteiger partial charge in [0.2, 0.25) is 0 Å². The van der Waals surface area contributed by atoms with Gasteiger partial charge in [-0.05, 0) is 31.0 Å². The lowest BCUT2D eigenvalue weighted by Crippen LogP contribution is -2.13. The summed E-state index contributed by atoms with van der Waals surface area (Å²) < 4.78 is 12.0. The molecular weight excluding hydrogens is 280 g/mol. The molecule has 0 N–H and O–H groups in total. The summed E-state index contributed by atoms with van der Waals surface area (Å²) in [5.41, 5.74) is 1.16. The van der Waals surface area contributed by atoms with E-state index in [4.69, 9.17) is 9.47 Å². The van der Waals surface area contributed by atoms with Crippen molar-refractivity contribution in [3.63, 3.8) is 0 Å². The van der Waals surface area contributed by atoms with E-state index in [1.807, 2.05) is 45.0 Å². The molecule has 0 saturated heterocycles. The van der Waals surface area contributed by atoms with Crippen molar-refractivity contribution in [2.45, 2.75) is 47.0 Å². The molecule has 1 atom stereocenters. The summed E-state index contributed by atoms with van der Waals surface area (Å²) in [6, 6.07) is 8.10. The number of hydrogen-bond acceptors (Lipinski definition) is 2. The van der Waals surface area contributed by atoms with Crippen molar-refractivity contribution in [2.24, 2.45) is 0 Å². The zero-order valence-corrected chi connectivity index (χ0v) is 12.8. The fraction of sp³-hybridized carbons (Fsp3) is 0.571. The Hall–Kier alpha value is -0.380. The Balaban J connectivity index is 0.00000121. The second-order valence-corrected chi connectivity index (χ2v) is 4.29. The first kappa shape index (κ1) is 16.6. The highest BCUT2D eigenvalue weighted by atomic mass is 79.9. The van der Waals surface area contributed by atoms with E-state index in [2.05, 4.69) is 22.9 Å². The van der Waals surface area contributed by atoms with Crippen molar-refractivity contribution in [1.29, 1.82) is 0 Å². The first-order chi connectivity index (χ1) is 8.22. The van der Waals surface area contributed by atoms with E-state index >= 15 is 0 Å². The molecule has 0 aliphatic rings. The maximum atomic E-state index is 5.53. The third kappa shape index (κ3) is 8.36. The number of rotatable bonds is 6. The van der Waals surface area contributed by atoms with Crippen LogP contribution in [0.25, 0.3) is 0 Å². The van der Waals surface area contributed by atoms with Gasteiger partial charge in [-0.15, -0.1) is 0 Å². The molecule has 1 unspecified atom stereocenters. The first-order valence-electron chi connectivity index (χ1n) is 6.20. The molecule has 0 amide bonds. The molecule has 0 fully saturated rings. The Morgan fingerprint density at radius 1 is 1.12 bits per heavy atom. The Labute approximate surface area is 113 Å². The monoisotopic (exact) mass is 302 g/mol. The van der Waals surface area contributed by atoms with Crippen molar-refractivity contribution in [1.82, 2.24) is 0 Å². The van der Waals surface area contributed by atoms with Crippen LogP contribution in [0.15, 0.2) is 28.7 Å². The average Bonchev–Trinajstić information content (AvgIpc) is 2.38. The molecule has 1 aromatic carbocycles. The minimum Gasteiger partial charge on any atom is -0.353 e. The molecule has 0 saturated carbocycles. The van der Waals surface area contributed by atoms with Crippen molar-refractivity contribution >= 4 is 15.9 Å². The van der Waals surface area contributed by atoms with Crippen LogP contribution in [-0.2, 0) is 16.1 Å². The van der Waals surface area contributed by atoms with E-state index in [1.54, 1.807) is 0 Å². The maximum Gasteiger partial charge on any atom is 0.155 e. The highest BCUT2D eigenvalue weighted by Crippen LogP contribution is 2.11. The topological polar surface area (TPSA) is 18.5 Å². The van der Waals surface area contributed by atoms with Crippen LogP contribution in [0.2, 0.25) is 0 Å². The van der Waals surface area contributed by atoms with Gasteiger partial charge in [-0.1, -0.05) is 48.8 Å². The normalized spacial score (nSPS) is 11.6. The average molecular weight is 303 g/mol. The zero-order valence-electron chi connectivity index (χ0n) is 11.2. The smallest absolute Gasteiger partial charge is 0.155 e. The number of hydrogen-bond donors (Lipinski definition) is 0. The molecule has 0 spiro atoms. The number of halogens is 1. The number of benzene rings is 1. The van der Waals surface area contributed by atoms with Crippen molar-refractivity contribution in [2.75, 3.05) is 6.61 Å². The van der Waals surface area contributed by atoms with Gasteiger partial charge >= 0.3 is 0 Å². The molecule has 0 aliphatic heterocycles. The Kier molecular flexibility index (Phi) is 10.5. The summed E-state index contributed by atoms with van der Waals surface area (Å²) in [5.74, 6) is 0. The highest BCUT2D eigenvalue weighted by Gasteiger charge is 2.01. The summed E-state index contributed by atoms with van der Waals surface area (Å²) in [4.78, 5) is 0. The summed E-state index contributed by atoms with van der Waals surface area (Å²) >= 11 is 3.39. The Morgan fingerprint density at radius 2 is 1.71 bits per heavy atom. The summed E-state index contributed by atoms with van der Waals surface area (Å²) in [6.45, 7) is 9.36. The predicted octanol–water partition coefficient (Wildman–Crippen LogP) is 4.76. The maximum absolute atomic E-state index is 5.53. The standard InChI is InChI=1S/C12H17BrO2.C2H6/c1-3-8-14-10(2)15-9-11-4-6-12(13)7-5-11;1-2/h4-7,10H,3,8-9H2,1-2H3;1-2H3. The molecule has 0 radical (unpaired) electrons. The third-order valence-electron chi connectivity index (χ3n) is 1.95. The van der Waals surface area contributed by atoms with Crippen LogP contribution < -0.4 is 0 Å². The quantitative estimate of drug-likeness (QED) is 0.705. The van der Waals surface area contributed by atoms with Gasteiger partial charge in [-0.2, -0.15) is 0 Å². The Bertz CT molecular complexity index is 272. The molecule has 1 rings (SSSR count). The lowest BCUT2D eigenvalue weighted by Gasteiger charge is -2.13. The second kappa shape index (κ2) is 10.8. The van der Waals surface area contributed by atoms with Crippen LogP contribution in [0.4, 0.5) is 0 Å². The van der Waals surface area contributed by atoms with E-state index in [9.17, 15) is 0 Å². The molecule has 3 heteroatoms. The fourth-order valence-corrected chi connectivity index (χ4v) is 1.39. The molecule has 0 bridgehead atoms. The van der Waals surface area contributed by atoms with Crippen LogP contribution >= 0.6 is 15.9 Å². The van der Waals surface area contributed by atoms with E-state index in [0.29, 0.717) is 6.61 Å². The lowest BCUT2D eigenvalue weighted by atomic mass is 10.2. The van der Waals surface area contributed by atoms with Gasteiger partial charge in [-0.25, -0.2) is 0 Å². The minimum atomic E-state index is -0.131. The Morgan fingerprint density at radius 3 is 2.24 bits per heavy atom. The van der Waals surface area contributed by atoms with E-state index in [0.717, 1.165) is 23.1 Å². The largest absolute Gasteiger partial charge is 0.353 e. The summed E-state index contributed by atoms with van der Waals surface area (Å²) in [5, 5.41) is 0. The van der Waals surface area contributed by atoms with Gasteiger partial charge in [-0.3, -0.25) is 0 Å². The van der Waals surface area contributed by atoms with Gasteiger partial charge in [0.05, 0.1) is 6.61 Å². The van der Waals surface area contributed by atoms with Gasteiger partial charge < -0.3 is 9.47 Å². The highest BCUT2D eigenvalue weighted by molar-refractivity contribution is 9.10. The van der Waals surface area contributed by atoms with Crippen LogP contribution in [0, 0.1) is 0 Å². The zero-order chi connectivity index (χ0) is 13.1. The molecule has 2 nitrogen and oxygen atoms in total. The first-order valence-corrected chi connectivity index (χ1v) is 6.99. The van der Waals surface area contributed by atoms with Crippen molar-refractivity contribution in [3.05, 3.63) is 34.3 Å². The van der Waals surface area contributed by atoms with Gasteiger partial charge in [0.1, 0.15) is 0 Å². The van der Waals surface area contributed by atoms with Crippen LogP contribution in [0.5, 0.6) is 0 Å². The SMILES string of the molecule is CC.CCCOC(C)OCc1ccc(Br)cc1. The molecule has 0 heterocycles. The van der Waals surface area contributed by atoms with Gasteiger partial charge in [0.15, 0.2) is 6.29 Å². The van der Waals surface area contributed by atoms with Crippen molar-refractivity contribution < 1.29 is 9.47 Å². The van der Waals surface area contributed by atoms with Crippen LogP contribution in [0.1, 0.15) is 39.7 Å².